The van der Waals surface area contributed by atoms with E-state index in [2.05, 4.69) is 15.9 Å². The smallest absolute Gasteiger partial charge is 0.341 e. The maximum atomic E-state index is 13.1. The van der Waals surface area contributed by atoms with Crippen molar-refractivity contribution in [1.29, 1.82) is 0 Å². The molecule has 1 aromatic heterocycles. The van der Waals surface area contributed by atoms with Crippen molar-refractivity contribution in [1.82, 2.24) is 9.47 Å². The zero-order chi connectivity index (χ0) is 23.4. The molecule has 0 aliphatic heterocycles. The summed E-state index contributed by atoms with van der Waals surface area (Å²) in [5.74, 6) is 1.28. The minimum atomic E-state index is -0.381. The first-order valence-electron chi connectivity index (χ1n) is 10.5. The van der Waals surface area contributed by atoms with Gasteiger partial charge >= 0.3 is 5.97 Å². The number of phenolic OH excluding ortho intramolecular Hbond substituents is 1. The van der Waals surface area contributed by atoms with Crippen molar-refractivity contribution in [3.05, 3.63) is 51.5 Å². The quantitative estimate of drug-likeness (QED) is 0.293. The van der Waals surface area contributed by atoms with Crippen molar-refractivity contribution in [2.24, 2.45) is 7.05 Å². The van der Waals surface area contributed by atoms with Gasteiger partial charge in [-0.15, -0.1) is 11.8 Å². The van der Waals surface area contributed by atoms with Gasteiger partial charge in [-0.2, -0.15) is 0 Å². The Morgan fingerprint density at radius 2 is 1.88 bits per heavy atom. The minimum absolute atomic E-state index is 0.144. The number of fused-ring (bicyclic) bond motifs is 1. The molecule has 0 bridgehead atoms. The molecule has 0 aliphatic carbocycles. The number of ether oxygens (including phenoxy) is 2. The van der Waals surface area contributed by atoms with Crippen LogP contribution in [-0.4, -0.2) is 47.9 Å². The molecule has 0 fully saturated rings. The Kier molecular flexibility index (Phi) is 8.14. The summed E-state index contributed by atoms with van der Waals surface area (Å²) < 4.78 is 13.6. The standard InChI is InChI=1S/C24H29BrN2O4S/c1-6-30-16-10-8-15(9-11-16)14-32-23-21(24(29)31-7-2)20-17(13-26(3)4)22(28)18(25)12-19(20)27(23)5/h8-12,28H,6-7,13-14H2,1-5H3. The second kappa shape index (κ2) is 10.6. The van der Waals surface area contributed by atoms with Gasteiger partial charge in [-0.3, -0.25) is 0 Å². The first-order valence-corrected chi connectivity index (χ1v) is 12.2. The van der Waals surface area contributed by atoms with E-state index >= 15 is 0 Å². The number of aromatic hydroxyl groups is 1. The number of thioether (sulfide) groups is 1. The fraction of sp³-hybridized carbons (Fsp3) is 0.375. The number of aromatic nitrogens is 1. The van der Waals surface area contributed by atoms with Crippen LogP contribution in [0.3, 0.4) is 0 Å². The van der Waals surface area contributed by atoms with Crippen LogP contribution in [-0.2, 0) is 24.1 Å². The third-order valence-electron chi connectivity index (χ3n) is 5.03. The molecule has 1 heterocycles. The Hall–Kier alpha value is -2.16. The van der Waals surface area contributed by atoms with Crippen LogP contribution < -0.4 is 4.74 Å². The van der Waals surface area contributed by atoms with Crippen molar-refractivity contribution in [2.45, 2.75) is 31.2 Å². The number of hydrogen-bond acceptors (Lipinski definition) is 6. The Bertz CT molecular complexity index is 1110. The number of esters is 1. The summed E-state index contributed by atoms with van der Waals surface area (Å²) in [6.45, 7) is 5.15. The lowest BCUT2D eigenvalue weighted by Crippen LogP contribution is -2.12. The molecule has 0 saturated heterocycles. The Labute approximate surface area is 201 Å². The molecule has 172 valence electrons. The van der Waals surface area contributed by atoms with E-state index in [4.69, 9.17) is 9.47 Å². The molecule has 32 heavy (non-hydrogen) atoms. The predicted molar refractivity (Wildman–Crippen MR) is 133 cm³/mol. The molecule has 0 radical (unpaired) electrons. The highest BCUT2D eigenvalue weighted by atomic mass is 79.9. The molecule has 0 saturated carbocycles. The Balaban J connectivity index is 2.11. The normalized spacial score (nSPS) is 11.3. The number of rotatable bonds is 9. The van der Waals surface area contributed by atoms with Crippen LogP contribution in [0.4, 0.5) is 0 Å². The number of hydrogen-bond donors (Lipinski definition) is 1. The van der Waals surface area contributed by atoms with Crippen LogP contribution in [0.15, 0.2) is 39.8 Å². The first-order chi connectivity index (χ1) is 15.3. The van der Waals surface area contributed by atoms with Gasteiger partial charge < -0.3 is 24.0 Å². The number of halogens is 1. The number of aryl methyl sites for hydroxylation is 1. The summed E-state index contributed by atoms with van der Waals surface area (Å²) in [6, 6.07) is 9.83. The van der Waals surface area contributed by atoms with E-state index < -0.39 is 0 Å². The van der Waals surface area contributed by atoms with Gasteiger partial charge in [0, 0.05) is 30.3 Å². The fourth-order valence-corrected chi connectivity index (χ4v) is 5.21. The van der Waals surface area contributed by atoms with Gasteiger partial charge in [0.15, 0.2) is 0 Å². The van der Waals surface area contributed by atoms with Crippen molar-refractivity contribution in [3.8, 4) is 11.5 Å². The van der Waals surface area contributed by atoms with Gasteiger partial charge in [-0.1, -0.05) is 12.1 Å². The van der Waals surface area contributed by atoms with Gasteiger partial charge in [0.25, 0.3) is 0 Å². The second-order valence-electron chi connectivity index (χ2n) is 7.64. The van der Waals surface area contributed by atoms with Gasteiger partial charge in [-0.05, 0) is 67.6 Å². The molecule has 1 N–H and O–H groups in total. The van der Waals surface area contributed by atoms with E-state index in [9.17, 15) is 9.90 Å². The lowest BCUT2D eigenvalue weighted by atomic mass is 10.0. The molecule has 0 spiro atoms. The lowest BCUT2D eigenvalue weighted by Gasteiger charge is -2.15. The van der Waals surface area contributed by atoms with Crippen LogP contribution in [0.5, 0.6) is 11.5 Å². The van der Waals surface area contributed by atoms with Crippen LogP contribution in [0.25, 0.3) is 10.9 Å². The highest BCUT2D eigenvalue weighted by Crippen LogP contribution is 2.42. The van der Waals surface area contributed by atoms with Crippen LogP contribution in [0, 0.1) is 0 Å². The van der Waals surface area contributed by atoms with E-state index in [1.54, 1.807) is 18.7 Å². The van der Waals surface area contributed by atoms with Crippen LogP contribution >= 0.6 is 27.7 Å². The van der Waals surface area contributed by atoms with E-state index in [0.29, 0.717) is 34.5 Å². The predicted octanol–water partition coefficient (Wildman–Crippen LogP) is 5.58. The highest BCUT2D eigenvalue weighted by Gasteiger charge is 2.27. The zero-order valence-electron chi connectivity index (χ0n) is 19.1. The maximum Gasteiger partial charge on any atom is 0.341 e. The molecule has 3 rings (SSSR count). The second-order valence-corrected chi connectivity index (χ2v) is 9.46. The number of carbonyl (C=O) groups excluding carboxylic acids is 1. The monoisotopic (exact) mass is 520 g/mol. The molecule has 6 nitrogen and oxygen atoms in total. The summed E-state index contributed by atoms with van der Waals surface area (Å²) in [7, 11) is 5.80. The molecule has 2 aromatic carbocycles. The summed E-state index contributed by atoms with van der Waals surface area (Å²) >= 11 is 5.05. The topological polar surface area (TPSA) is 63.9 Å². The summed E-state index contributed by atoms with van der Waals surface area (Å²) in [5.41, 5.74) is 3.19. The van der Waals surface area contributed by atoms with Gasteiger partial charge in [0.1, 0.15) is 11.5 Å². The van der Waals surface area contributed by atoms with E-state index in [-0.39, 0.29) is 18.3 Å². The summed E-state index contributed by atoms with van der Waals surface area (Å²) in [4.78, 5) is 15.1. The van der Waals surface area contributed by atoms with Crippen molar-refractivity contribution >= 4 is 44.6 Å². The third kappa shape index (κ3) is 5.08. The highest BCUT2D eigenvalue weighted by molar-refractivity contribution is 9.10. The number of carbonyl (C=O) groups is 1. The van der Waals surface area contributed by atoms with Crippen LogP contribution in [0.1, 0.15) is 35.3 Å². The Morgan fingerprint density at radius 3 is 2.47 bits per heavy atom. The number of benzene rings is 2. The van der Waals surface area contributed by atoms with Gasteiger partial charge in [-0.25, -0.2) is 4.79 Å². The lowest BCUT2D eigenvalue weighted by molar-refractivity contribution is 0.0524. The summed E-state index contributed by atoms with van der Waals surface area (Å²) in [5, 5.41) is 12.3. The van der Waals surface area contributed by atoms with E-state index in [1.807, 2.05) is 67.9 Å². The van der Waals surface area contributed by atoms with Crippen molar-refractivity contribution < 1.29 is 19.4 Å². The molecule has 0 aliphatic rings. The largest absolute Gasteiger partial charge is 0.506 e. The first kappa shape index (κ1) is 24.5. The average molecular weight is 521 g/mol. The molecule has 0 amide bonds. The molecular weight excluding hydrogens is 492 g/mol. The SMILES string of the molecule is CCOC(=O)c1c(SCc2ccc(OCC)cc2)n(C)c2cc(Br)c(O)c(CN(C)C)c12. The molecule has 3 aromatic rings. The molecule has 0 unspecified atom stereocenters. The van der Waals surface area contributed by atoms with E-state index in [1.165, 1.54) is 0 Å². The zero-order valence-corrected chi connectivity index (χ0v) is 21.5. The molecular formula is C24H29BrN2O4S. The Morgan fingerprint density at radius 1 is 1.19 bits per heavy atom. The van der Waals surface area contributed by atoms with Gasteiger partial charge in [0.2, 0.25) is 0 Å². The molecule has 0 atom stereocenters. The fourth-order valence-electron chi connectivity index (χ4n) is 3.64. The number of nitrogens with zero attached hydrogens (tertiary/aromatic N) is 2. The number of phenols is 1. The molecule has 8 heteroatoms. The van der Waals surface area contributed by atoms with Gasteiger partial charge in [0.05, 0.1) is 33.8 Å². The third-order valence-corrected chi connectivity index (χ3v) is 6.86. The van der Waals surface area contributed by atoms with E-state index in [0.717, 1.165) is 27.2 Å². The van der Waals surface area contributed by atoms with Crippen molar-refractivity contribution in [2.75, 3.05) is 27.3 Å². The minimum Gasteiger partial charge on any atom is -0.506 e. The van der Waals surface area contributed by atoms with Crippen molar-refractivity contribution in [3.63, 3.8) is 0 Å². The van der Waals surface area contributed by atoms with Crippen LogP contribution in [0.2, 0.25) is 0 Å². The maximum absolute atomic E-state index is 13.1. The average Bonchev–Trinajstić information content (AvgIpc) is 3.02. The summed E-state index contributed by atoms with van der Waals surface area (Å²) in [6.07, 6.45) is 0.